The van der Waals surface area contributed by atoms with Crippen molar-refractivity contribution in [3.63, 3.8) is 0 Å². The van der Waals surface area contributed by atoms with Crippen LogP contribution in [0.5, 0.6) is 0 Å². The van der Waals surface area contributed by atoms with E-state index >= 15 is 0 Å². The van der Waals surface area contributed by atoms with Crippen LogP contribution in [-0.2, 0) is 22.4 Å². The van der Waals surface area contributed by atoms with Crippen molar-refractivity contribution in [3.8, 4) is 0 Å². The zero-order chi connectivity index (χ0) is 22.9. The SMILES string of the molecule is Cc1ccc(NC(=O)Cc2nc(CSc3nn4c(=O)c(C(C)(C)C)nnc4s3)cs2)cc1. The van der Waals surface area contributed by atoms with Crippen LogP contribution in [0.25, 0.3) is 4.96 Å². The molecule has 0 spiro atoms. The van der Waals surface area contributed by atoms with Crippen molar-refractivity contribution in [1.29, 1.82) is 0 Å². The van der Waals surface area contributed by atoms with Gasteiger partial charge in [0, 0.05) is 22.2 Å². The van der Waals surface area contributed by atoms with E-state index in [-0.39, 0.29) is 17.9 Å². The fourth-order valence-electron chi connectivity index (χ4n) is 2.84. The molecule has 0 fully saturated rings. The number of fused-ring (bicyclic) bond motifs is 1. The standard InChI is InChI=1S/C21H22N6O2S3/c1-12-5-7-13(8-6-12)22-15(28)9-16-23-14(10-30-16)11-31-20-26-27-18(29)17(21(2,3)4)24-25-19(27)32-20/h5-8,10H,9,11H2,1-4H3,(H,22,28). The number of carbonyl (C=O) groups excluding carboxylic acids is 1. The molecular weight excluding hydrogens is 464 g/mol. The van der Waals surface area contributed by atoms with Crippen molar-refractivity contribution in [2.75, 3.05) is 5.32 Å². The lowest BCUT2D eigenvalue weighted by Crippen LogP contribution is -2.30. The number of nitrogens with one attached hydrogen (secondary N) is 1. The second-order valence-corrected chi connectivity index (χ2v) is 11.4. The highest BCUT2D eigenvalue weighted by molar-refractivity contribution is 8.00. The van der Waals surface area contributed by atoms with Gasteiger partial charge in [0.25, 0.3) is 5.56 Å². The largest absolute Gasteiger partial charge is 0.326 e. The summed E-state index contributed by atoms with van der Waals surface area (Å²) in [5, 5.41) is 18.3. The van der Waals surface area contributed by atoms with Gasteiger partial charge in [-0.3, -0.25) is 9.59 Å². The fourth-order valence-corrected chi connectivity index (χ4v) is 5.50. The van der Waals surface area contributed by atoms with E-state index < -0.39 is 5.41 Å². The molecule has 1 N–H and O–H groups in total. The van der Waals surface area contributed by atoms with E-state index in [1.165, 1.54) is 39.0 Å². The molecule has 0 atom stereocenters. The summed E-state index contributed by atoms with van der Waals surface area (Å²) in [4.78, 5) is 30.0. The highest BCUT2D eigenvalue weighted by atomic mass is 32.2. The molecular formula is C21H22N6O2S3. The molecule has 11 heteroatoms. The quantitative estimate of drug-likeness (QED) is 0.410. The topological polar surface area (TPSA) is 102 Å². The highest BCUT2D eigenvalue weighted by Gasteiger charge is 2.23. The predicted octanol–water partition coefficient (Wildman–Crippen LogP) is 4.08. The molecule has 3 heterocycles. The first kappa shape index (κ1) is 22.6. The minimum atomic E-state index is -0.398. The lowest BCUT2D eigenvalue weighted by atomic mass is 9.93. The molecule has 0 aliphatic rings. The van der Waals surface area contributed by atoms with E-state index in [0.29, 0.717) is 20.7 Å². The van der Waals surface area contributed by atoms with Crippen molar-refractivity contribution < 1.29 is 4.79 Å². The number of nitrogens with zero attached hydrogens (tertiary/aromatic N) is 5. The number of hydrogen-bond acceptors (Lipinski definition) is 9. The molecule has 0 unspecified atom stereocenters. The van der Waals surface area contributed by atoms with E-state index in [0.717, 1.165) is 22.0 Å². The Morgan fingerprint density at radius 1 is 1.19 bits per heavy atom. The van der Waals surface area contributed by atoms with Crippen molar-refractivity contribution in [1.82, 2.24) is 24.8 Å². The average Bonchev–Trinajstić information content (AvgIpc) is 3.34. The Morgan fingerprint density at radius 2 is 1.94 bits per heavy atom. The Morgan fingerprint density at radius 3 is 2.66 bits per heavy atom. The van der Waals surface area contributed by atoms with Gasteiger partial charge in [0.15, 0.2) is 4.34 Å². The maximum Gasteiger partial charge on any atom is 0.297 e. The highest BCUT2D eigenvalue weighted by Crippen LogP contribution is 2.27. The van der Waals surface area contributed by atoms with Gasteiger partial charge in [-0.15, -0.1) is 26.6 Å². The van der Waals surface area contributed by atoms with Crippen LogP contribution in [0.2, 0.25) is 0 Å². The lowest BCUT2D eigenvalue weighted by molar-refractivity contribution is -0.115. The number of aromatic nitrogens is 5. The zero-order valence-corrected chi connectivity index (χ0v) is 20.5. The summed E-state index contributed by atoms with van der Waals surface area (Å²) in [7, 11) is 0. The Labute approximate surface area is 197 Å². The van der Waals surface area contributed by atoms with Crippen LogP contribution in [0.1, 0.15) is 42.7 Å². The van der Waals surface area contributed by atoms with Gasteiger partial charge in [-0.1, -0.05) is 61.6 Å². The molecule has 0 aliphatic heterocycles. The van der Waals surface area contributed by atoms with Crippen LogP contribution >= 0.6 is 34.4 Å². The van der Waals surface area contributed by atoms with Gasteiger partial charge in [0.2, 0.25) is 10.9 Å². The number of rotatable bonds is 6. The first-order valence-electron chi connectivity index (χ1n) is 9.89. The minimum Gasteiger partial charge on any atom is -0.326 e. The van der Waals surface area contributed by atoms with Crippen LogP contribution in [-0.4, -0.2) is 30.7 Å². The molecule has 0 aliphatic carbocycles. The number of thioether (sulfide) groups is 1. The summed E-state index contributed by atoms with van der Waals surface area (Å²) in [6.45, 7) is 7.78. The number of anilines is 1. The van der Waals surface area contributed by atoms with Gasteiger partial charge in [-0.05, 0) is 19.1 Å². The summed E-state index contributed by atoms with van der Waals surface area (Å²) in [5.41, 5.74) is 2.55. The molecule has 0 radical (unpaired) electrons. The van der Waals surface area contributed by atoms with Crippen LogP contribution in [0, 0.1) is 6.92 Å². The summed E-state index contributed by atoms with van der Waals surface area (Å²) in [6, 6.07) is 7.69. The molecule has 0 saturated carbocycles. The van der Waals surface area contributed by atoms with Crippen molar-refractivity contribution in [2.24, 2.45) is 0 Å². The first-order valence-corrected chi connectivity index (χ1v) is 12.6. The lowest BCUT2D eigenvalue weighted by Gasteiger charge is -2.14. The van der Waals surface area contributed by atoms with Gasteiger partial charge in [0.1, 0.15) is 10.7 Å². The van der Waals surface area contributed by atoms with Crippen LogP contribution < -0.4 is 10.9 Å². The maximum atomic E-state index is 12.7. The average molecular weight is 487 g/mol. The number of thiazole rings is 1. The number of aryl methyl sites for hydroxylation is 1. The molecule has 1 amide bonds. The van der Waals surface area contributed by atoms with Crippen molar-refractivity contribution in [3.05, 3.63) is 62.0 Å². The van der Waals surface area contributed by atoms with E-state index in [2.05, 4.69) is 25.6 Å². The zero-order valence-electron chi connectivity index (χ0n) is 18.1. The molecule has 4 rings (SSSR count). The Hall–Kier alpha value is -2.63. The molecule has 4 aromatic rings. The number of hydrogen-bond donors (Lipinski definition) is 1. The second-order valence-electron chi connectivity index (χ2n) is 8.28. The minimum absolute atomic E-state index is 0.0961. The summed E-state index contributed by atoms with van der Waals surface area (Å²) in [6.07, 6.45) is 0.227. The molecule has 8 nitrogen and oxygen atoms in total. The molecule has 0 bridgehead atoms. The number of amides is 1. The fraction of sp³-hybridized carbons (Fsp3) is 0.333. The molecule has 32 heavy (non-hydrogen) atoms. The second kappa shape index (κ2) is 9.08. The van der Waals surface area contributed by atoms with E-state index in [9.17, 15) is 9.59 Å². The molecule has 1 aromatic carbocycles. The molecule has 3 aromatic heterocycles. The Kier molecular flexibility index (Phi) is 6.40. The summed E-state index contributed by atoms with van der Waals surface area (Å²) >= 11 is 4.26. The summed E-state index contributed by atoms with van der Waals surface area (Å²) in [5.74, 6) is 0.491. The van der Waals surface area contributed by atoms with E-state index in [4.69, 9.17) is 0 Å². The van der Waals surface area contributed by atoms with Crippen molar-refractivity contribution in [2.45, 2.75) is 49.6 Å². The third-order valence-corrected chi connectivity index (χ3v) is 7.44. The third-order valence-electron chi connectivity index (χ3n) is 4.47. The van der Waals surface area contributed by atoms with E-state index in [1.54, 1.807) is 0 Å². The predicted molar refractivity (Wildman–Crippen MR) is 129 cm³/mol. The molecule has 0 saturated heterocycles. The summed E-state index contributed by atoms with van der Waals surface area (Å²) < 4.78 is 2.04. The molecule has 166 valence electrons. The van der Waals surface area contributed by atoms with Crippen LogP contribution in [0.3, 0.4) is 0 Å². The van der Waals surface area contributed by atoms with Gasteiger partial charge < -0.3 is 5.32 Å². The van der Waals surface area contributed by atoms with Crippen molar-refractivity contribution >= 4 is 51.0 Å². The Bertz CT molecular complexity index is 1320. The van der Waals surface area contributed by atoms with Gasteiger partial charge >= 0.3 is 0 Å². The third kappa shape index (κ3) is 5.22. The number of carbonyl (C=O) groups is 1. The van der Waals surface area contributed by atoms with Crippen LogP contribution in [0.4, 0.5) is 5.69 Å². The monoisotopic (exact) mass is 486 g/mol. The maximum absolute atomic E-state index is 12.7. The van der Waals surface area contributed by atoms with Gasteiger partial charge in [-0.2, -0.15) is 4.52 Å². The first-order chi connectivity index (χ1) is 15.2. The number of benzene rings is 1. The van der Waals surface area contributed by atoms with Gasteiger partial charge in [-0.25, -0.2) is 4.98 Å². The smallest absolute Gasteiger partial charge is 0.297 e. The normalized spacial score (nSPS) is 11.8. The van der Waals surface area contributed by atoms with Gasteiger partial charge in [0.05, 0.1) is 12.1 Å². The van der Waals surface area contributed by atoms with Crippen LogP contribution in [0.15, 0.2) is 38.8 Å². The Balaban J connectivity index is 1.38. The van der Waals surface area contributed by atoms with E-state index in [1.807, 2.05) is 57.3 Å².